The van der Waals surface area contributed by atoms with Crippen LogP contribution in [0.15, 0.2) is 53.4 Å². The van der Waals surface area contributed by atoms with Crippen LogP contribution in [0, 0.1) is 5.82 Å². The van der Waals surface area contributed by atoms with Crippen molar-refractivity contribution in [3.8, 4) is 0 Å². The summed E-state index contributed by atoms with van der Waals surface area (Å²) in [6.45, 7) is 0.274. The van der Waals surface area contributed by atoms with Gasteiger partial charge in [-0.1, -0.05) is 30.3 Å². The molecule has 0 aromatic heterocycles. The third-order valence-corrected chi connectivity index (χ3v) is 3.38. The van der Waals surface area contributed by atoms with Gasteiger partial charge in [0.15, 0.2) is 0 Å². The quantitative estimate of drug-likeness (QED) is 0.856. The molecule has 0 bridgehead atoms. The third kappa shape index (κ3) is 3.84. The number of carbonyl (C=O) groups is 1. The van der Waals surface area contributed by atoms with Crippen LogP contribution in [0.3, 0.4) is 0 Å². The Morgan fingerprint density at radius 1 is 1.15 bits per heavy atom. The molecule has 1 amide bonds. The number of nitrogens with zero attached hydrogens (tertiary/aromatic N) is 1. The van der Waals surface area contributed by atoms with Crippen LogP contribution >= 0.6 is 12.6 Å². The van der Waals surface area contributed by atoms with E-state index in [0.29, 0.717) is 12.0 Å². The van der Waals surface area contributed by atoms with Gasteiger partial charge in [-0.3, -0.25) is 4.79 Å². The summed E-state index contributed by atoms with van der Waals surface area (Å²) in [4.78, 5) is 14.5. The molecule has 2 nitrogen and oxygen atoms in total. The predicted molar refractivity (Wildman–Crippen MR) is 80.3 cm³/mol. The minimum absolute atomic E-state index is 0.0415. The fraction of sp³-hybridized carbons (Fsp3) is 0.188. The largest absolute Gasteiger partial charge is 0.341 e. The van der Waals surface area contributed by atoms with Gasteiger partial charge in [0.2, 0.25) is 5.91 Å². The van der Waals surface area contributed by atoms with E-state index in [4.69, 9.17) is 0 Å². The van der Waals surface area contributed by atoms with Gasteiger partial charge in [0.05, 0.1) is 6.42 Å². The van der Waals surface area contributed by atoms with E-state index in [2.05, 4.69) is 12.6 Å². The maximum Gasteiger partial charge on any atom is 0.227 e. The Balaban J connectivity index is 1.99. The Kier molecular flexibility index (Phi) is 4.79. The second kappa shape index (κ2) is 6.57. The van der Waals surface area contributed by atoms with Crippen molar-refractivity contribution in [1.29, 1.82) is 0 Å². The number of rotatable bonds is 4. The van der Waals surface area contributed by atoms with Crippen molar-refractivity contribution in [3.05, 3.63) is 65.5 Å². The summed E-state index contributed by atoms with van der Waals surface area (Å²) in [7, 11) is 1.68. The van der Waals surface area contributed by atoms with Crippen molar-refractivity contribution in [3.63, 3.8) is 0 Å². The highest BCUT2D eigenvalue weighted by atomic mass is 32.1. The maximum absolute atomic E-state index is 13.5. The number of halogens is 1. The van der Waals surface area contributed by atoms with Crippen LogP contribution < -0.4 is 0 Å². The minimum atomic E-state index is -0.286. The van der Waals surface area contributed by atoms with E-state index in [9.17, 15) is 9.18 Å². The summed E-state index contributed by atoms with van der Waals surface area (Å²) in [5.74, 6) is -0.327. The van der Waals surface area contributed by atoms with E-state index < -0.39 is 0 Å². The molecule has 0 unspecified atom stereocenters. The van der Waals surface area contributed by atoms with E-state index in [1.807, 2.05) is 24.3 Å². The Morgan fingerprint density at radius 3 is 2.45 bits per heavy atom. The number of carbonyl (C=O) groups excluding carboxylic acids is 1. The van der Waals surface area contributed by atoms with Crippen LogP contribution in [-0.4, -0.2) is 17.9 Å². The Morgan fingerprint density at radius 2 is 1.80 bits per heavy atom. The highest BCUT2D eigenvalue weighted by Gasteiger charge is 2.12. The van der Waals surface area contributed by atoms with Crippen LogP contribution in [-0.2, 0) is 17.8 Å². The lowest BCUT2D eigenvalue weighted by molar-refractivity contribution is -0.129. The van der Waals surface area contributed by atoms with Gasteiger partial charge >= 0.3 is 0 Å². The molecule has 0 spiro atoms. The number of benzene rings is 2. The number of hydrogen-bond acceptors (Lipinski definition) is 2. The van der Waals surface area contributed by atoms with Crippen molar-refractivity contribution >= 4 is 18.5 Å². The van der Waals surface area contributed by atoms with E-state index in [-0.39, 0.29) is 18.3 Å². The van der Waals surface area contributed by atoms with Gasteiger partial charge in [0, 0.05) is 24.1 Å². The predicted octanol–water partition coefficient (Wildman–Crippen LogP) is 3.32. The Bertz CT molecular complexity index is 598. The monoisotopic (exact) mass is 289 g/mol. The molecule has 0 N–H and O–H groups in total. The van der Waals surface area contributed by atoms with Gasteiger partial charge in [-0.25, -0.2) is 4.39 Å². The molecule has 0 aliphatic rings. The summed E-state index contributed by atoms with van der Waals surface area (Å²) >= 11 is 4.20. The molecule has 20 heavy (non-hydrogen) atoms. The first-order valence-electron chi connectivity index (χ1n) is 6.31. The van der Waals surface area contributed by atoms with Crippen LogP contribution in [0.5, 0.6) is 0 Å². The second-order valence-electron chi connectivity index (χ2n) is 4.68. The minimum Gasteiger partial charge on any atom is -0.341 e. The zero-order chi connectivity index (χ0) is 14.5. The average molecular weight is 289 g/mol. The number of likely N-dealkylation sites (N-methyl/N-ethyl adjacent to an activating group) is 1. The van der Waals surface area contributed by atoms with Crippen molar-refractivity contribution in [2.75, 3.05) is 7.05 Å². The lowest BCUT2D eigenvalue weighted by atomic mass is 10.1. The highest BCUT2D eigenvalue weighted by Crippen LogP contribution is 2.12. The van der Waals surface area contributed by atoms with Crippen molar-refractivity contribution in [2.45, 2.75) is 17.9 Å². The molecule has 2 aromatic rings. The zero-order valence-corrected chi connectivity index (χ0v) is 12.1. The fourth-order valence-corrected chi connectivity index (χ4v) is 2.04. The van der Waals surface area contributed by atoms with Crippen LogP contribution in [0.25, 0.3) is 0 Å². The topological polar surface area (TPSA) is 20.3 Å². The molecule has 0 aliphatic carbocycles. The van der Waals surface area contributed by atoms with E-state index in [1.54, 1.807) is 25.2 Å². The third-order valence-electron chi connectivity index (χ3n) is 3.08. The van der Waals surface area contributed by atoms with Gasteiger partial charge in [-0.05, 0) is 23.8 Å². The molecule has 104 valence electrons. The van der Waals surface area contributed by atoms with Gasteiger partial charge in [-0.15, -0.1) is 12.6 Å². The lowest BCUT2D eigenvalue weighted by Crippen LogP contribution is -2.28. The van der Waals surface area contributed by atoms with Gasteiger partial charge < -0.3 is 4.90 Å². The maximum atomic E-state index is 13.5. The summed E-state index contributed by atoms with van der Waals surface area (Å²) in [6, 6.07) is 13.9. The SMILES string of the molecule is CN(Cc1ccccc1F)C(=O)Cc1ccc(S)cc1. The first-order valence-corrected chi connectivity index (χ1v) is 6.76. The molecular weight excluding hydrogens is 273 g/mol. The van der Waals surface area contributed by atoms with E-state index in [0.717, 1.165) is 10.5 Å². The molecule has 2 aromatic carbocycles. The first-order chi connectivity index (χ1) is 9.56. The summed E-state index contributed by atoms with van der Waals surface area (Å²) in [6.07, 6.45) is 0.305. The second-order valence-corrected chi connectivity index (χ2v) is 5.20. The van der Waals surface area contributed by atoms with Gasteiger partial charge in [-0.2, -0.15) is 0 Å². The fourth-order valence-electron chi connectivity index (χ4n) is 1.89. The molecular formula is C16H16FNOS. The zero-order valence-electron chi connectivity index (χ0n) is 11.2. The number of hydrogen-bond donors (Lipinski definition) is 1. The van der Waals surface area contributed by atoms with Crippen LogP contribution in [0.4, 0.5) is 4.39 Å². The highest BCUT2D eigenvalue weighted by molar-refractivity contribution is 7.80. The summed E-state index contributed by atoms with van der Waals surface area (Å²) in [5.41, 5.74) is 1.45. The Hall–Kier alpha value is -1.81. The molecule has 0 saturated carbocycles. The number of amides is 1. The Labute approximate surface area is 123 Å². The van der Waals surface area contributed by atoms with Crippen molar-refractivity contribution in [1.82, 2.24) is 4.90 Å². The lowest BCUT2D eigenvalue weighted by Gasteiger charge is -2.17. The van der Waals surface area contributed by atoms with Crippen LogP contribution in [0.1, 0.15) is 11.1 Å². The smallest absolute Gasteiger partial charge is 0.227 e. The number of thiol groups is 1. The first kappa shape index (κ1) is 14.6. The molecule has 0 radical (unpaired) electrons. The van der Waals surface area contributed by atoms with Gasteiger partial charge in [0.1, 0.15) is 5.82 Å². The molecule has 4 heteroatoms. The molecule has 0 aliphatic heterocycles. The van der Waals surface area contributed by atoms with Crippen molar-refractivity contribution in [2.24, 2.45) is 0 Å². The standard InChI is InChI=1S/C16H16FNOS/c1-18(11-13-4-2-3-5-15(13)17)16(19)10-12-6-8-14(20)9-7-12/h2-9,20H,10-11H2,1H3. The molecule has 0 heterocycles. The molecule has 0 fully saturated rings. The summed E-state index contributed by atoms with van der Waals surface area (Å²) in [5, 5.41) is 0. The average Bonchev–Trinajstić information content (AvgIpc) is 2.44. The molecule has 0 atom stereocenters. The van der Waals surface area contributed by atoms with E-state index >= 15 is 0 Å². The molecule has 2 rings (SSSR count). The normalized spacial score (nSPS) is 10.3. The van der Waals surface area contributed by atoms with Crippen LogP contribution in [0.2, 0.25) is 0 Å². The van der Waals surface area contributed by atoms with Crippen molar-refractivity contribution < 1.29 is 9.18 Å². The summed E-state index contributed by atoms with van der Waals surface area (Å²) < 4.78 is 13.5. The molecule has 0 saturated heterocycles. The van der Waals surface area contributed by atoms with Gasteiger partial charge in [0.25, 0.3) is 0 Å². The van der Waals surface area contributed by atoms with E-state index in [1.165, 1.54) is 11.0 Å².